The van der Waals surface area contributed by atoms with E-state index in [0.29, 0.717) is 24.0 Å². The summed E-state index contributed by atoms with van der Waals surface area (Å²) in [6.07, 6.45) is 6.69. The molecule has 9 heteroatoms. The molecule has 3 N–H and O–H groups in total. The number of aryl methyl sites for hydroxylation is 1. The van der Waals surface area contributed by atoms with Crippen LogP contribution < -0.4 is 10.6 Å². The minimum absolute atomic E-state index is 0.0210. The molecule has 0 aliphatic rings. The van der Waals surface area contributed by atoms with Crippen molar-refractivity contribution in [3.05, 3.63) is 61.6 Å². The summed E-state index contributed by atoms with van der Waals surface area (Å²) in [6, 6.07) is 9.35. The maximum Gasteiger partial charge on any atom is 0.247 e. The van der Waals surface area contributed by atoms with E-state index in [-0.39, 0.29) is 12.5 Å². The van der Waals surface area contributed by atoms with Gasteiger partial charge in [-0.05, 0) is 24.3 Å². The number of aliphatic hydroxyl groups is 1. The number of nitrogens with zero attached hydrogens (tertiary/aromatic N) is 5. The van der Waals surface area contributed by atoms with Crippen LogP contribution in [0, 0.1) is 0 Å². The van der Waals surface area contributed by atoms with Gasteiger partial charge in [-0.25, -0.2) is 9.97 Å². The van der Waals surface area contributed by atoms with Gasteiger partial charge in [-0.3, -0.25) is 9.48 Å². The molecule has 0 bridgehead atoms. The number of anilines is 3. The summed E-state index contributed by atoms with van der Waals surface area (Å²) in [4.78, 5) is 20.5. The molecule has 0 unspecified atom stereocenters. The number of nitrogens with one attached hydrogen (secondary N) is 2. The van der Waals surface area contributed by atoms with Crippen LogP contribution in [0.5, 0.6) is 0 Å². The molecule has 152 valence electrons. The zero-order chi connectivity index (χ0) is 21.1. The summed E-state index contributed by atoms with van der Waals surface area (Å²) < 4.78 is 3.62. The maximum absolute atomic E-state index is 11.6. The Kier molecular flexibility index (Phi) is 5.27. The van der Waals surface area contributed by atoms with Gasteiger partial charge in [0.15, 0.2) is 5.82 Å². The lowest BCUT2D eigenvalue weighted by Crippen LogP contribution is -2.07. The van der Waals surface area contributed by atoms with Crippen molar-refractivity contribution in [1.29, 1.82) is 0 Å². The number of carbonyl (C=O) groups excluding carboxylic acids is 1. The largest absolute Gasteiger partial charge is 0.394 e. The van der Waals surface area contributed by atoms with Crippen molar-refractivity contribution in [3.63, 3.8) is 0 Å². The molecule has 0 spiro atoms. The third-order valence-corrected chi connectivity index (χ3v) is 4.58. The van der Waals surface area contributed by atoms with Crippen LogP contribution in [0.25, 0.3) is 22.2 Å². The first-order chi connectivity index (χ1) is 14.6. The molecule has 0 aliphatic heterocycles. The standard InChI is InChI=1S/C21H21N7O2/c1-3-20(30)23-14-4-5-15-16(13-27(2)18(15)12-14)17-6-8-22-21(24-17)25-19-7-9-28(26-19)10-11-29/h3-9,12-13,29H,1,10-11H2,2H3,(H,23,30)(H,22,24,25,26). The molecule has 0 saturated carbocycles. The quantitative estimate of drug-likeness (QED) is 0.409. The van der Waals surface area contributed by atoms with Crippen molar-refractivity contribution in [3.8, 4) is 11.3 Å². The fraction of sp³-hybridized carbons (Fsp3) is 0.143. The van der Waals surface area contributed by atoms with E-state index >= 15 is 0 Å². The Morgan fingerprint density at radius 2 is 2.17 bits per heavy atom. The minimum atomic E-state index is -0.253. The third kappa shape index (κ3) is 3.91. The Balaban J connectivity index is 1.64. The average Bonchev–Trinajstić information content (AvgIpc) is 3.32. The second-order valence-corrected chi connectivity index (χ2v) is 6.66. The zero-order valence-corrected chi connectivity index (χ0v) is 16.4. The van der Waals surface area contributed by atoms with Crippen LogP contribution in [0.1, 0.15) is 0 Å². The minimum Gasteiger partial charge on any atom is -0.394 e. The van der Waals surface area contributed by atoms with E-state index in [1.807, 2.05) is 42.1 Å². The van der Waals surface area contributed by atoms with Gasteiger partial charge in [0, 0.05) is 48.3 Å². The molecule has 9 nitrogen and oxygen atoms in total. The highest BCUT2D eigenvalue weighted by atomic mass is 16.3. The first-order valence-corrected chi connectivity index (χ1v) is 9.34. The van der Waals surface area contributed by atoms with E-state index in [2.05, 4.69) is 32.3 Å². The second-order valence-electron chi connectivity index (χ2n) is 6.66. The van der Waals surface area contributed by atoms with Gasteiger partial charge in [0.1, 0.15) is 0 Å². The van der Waals surface area contributed by atoms with E-state index in [4.69, 9.17) is 5.11 Å². The van der Waals surface area contributed by atoms with Gasteiger partial charge >= 0.3 is 0 Å². The van der Waals surface area contributed by atoms with Crippen LogP contribution in [-0.4, -0.2) is 41.9 Å². The highest BCUT2D eigenvalue weighted by molar-refractivity contribution is 6.02. The number of aliphatic hydroxyl groups excluding tert-OH is 1. The van der Waals surface area contributed by atoms with Crippen molar-refractivity contribution < 1.29 is 9.90 Å². The highest BCUT2D eigenvalue weighted by Gasteiger charge is 2.12. The van der Waals surface area contributed by atoms with Gasteiger partial charge in [0.25, 0.3) is 0 Å². The Labute approximate surface area is 172 Å². The fourth-order valence-electron chi connectivity index (χ4n) is 3.20. The molecule has 4 rings (SSSR count). The first-order valence-electron chi connectivity index (χ1n) is 9.34. The van der Waals surface area contributed by atoms with E-state index < -0.39 is 0 Å². The molecule has 4 aromatic rings. The smallest absolute Gasteiger partial charge is 0.247 e. The van der Waals surface area contributed by atoms with Crippen molar-refractivity contribution >= 4 is 34.3 Å². The van der Waals surface area contributed by atoms with Gasteiger partial charge in [-0.1, -0.05) is 12.6 Å². The van der Waals surface area contributed by atoms with E-state index in [1.165, 1.54) is 6.08 Å². The molecule has 1 amide bonds. The van der Waals surface area contributed by atoms with Gasteiger partial charge in [0.2, 0.25) is 11.9 Å². The lowest BCUT2D eigenvalue weighted by atomic mass is 10.1. The number of hydrogen-bond donors (Lipinski definition) is 3. The summed E-state index contributed by atoms with van der Waals surface area (Å²) >= 11 is 0. The third-order valence-electron chi connectivity index (χ3n) is 4.58. The Hall–Kier alpha value is -3.98. The molecule has 0 radical (unpaired) electrons. The van der Waals surface area contributed by atoms with E-state index in [9.17, 15) is 4.79 Å². The SMILES string of the molecule is C=CC(=O)Nc1ccc2c(-c3ccnc(Nc4ccn(CCO)n4)n3)cn(C)c2c1. The van der Waals surface area contributed by atoms with Crippen molar-refractivity contribution in [2.24, 2.45) is 7.05 Å². The summed E-state index contributed by atoms with van der Waals surface area (Å²) in [7, 11) is 1.94. The van der Waals surface area contributed by atoms with Crippen LogP contribution in [-0.2, 0) is 18.4 Å². The average molecular weight is 403 g/mol. The van der Waals surface area contributed by atoms with Crippen molar-refractivity contribution in [2.45, 2.75) is 6.54 Å². The molecular formula is C21H21N7O2. The lowest BCUT2D eigenvalue weighted by Gasteiger charge is -2.05. The van der Waals surface area contributed by atoms with E-state index in [0.717, 1.165) is 22.2 Å². The highest BCUT2D eigenvalue weighted by Crippen LogP contribution is 2.31. The molecule has 3 heterocycles. The van der Waals surface area contributed by atoms with Crippen molar-refractivity contribution in [1.82, 2.24) is 24.3 Å². The molecule has 30 heavy (non-hydrogen) atoms. The number of aromatic nitrogens is 5. The summed E-state index contributed by atoms with van der Waals surface area (Å²) in [5, 5.41) is 20.2. The summed E-state index contributed by atoms with van der Waals surface area (Å²) in [6.45, 7) is 3.92. The van der Waals surface area contributed by atoms with Crippen molar-refractivity contribution in [2.75, 3.05) is 17.2 Å². The van der Waals surface area contributed by atoms with Gasteiger partial charge in [-0.15, -0.1) is 0 Å². The maximum atomic E-state index is 11.6. The monoisotopic (exact) mass is 403 g/mol. The Morgan fingerprint density at radius 3 is 2.97 bits per heavy atom. The molecule has 0 atom stereocenters. The van der Waals surface area contributed by atoms with Crippen LogP contribution in [0.4, 0.5) is 17.5 Å². The van der Waals surface area contributed by atoms with Gasteiger partial charge in [-0.2, -0.15) is 5.10 Å². The first kappa shape index (κ1) is 19.3. The molecule has 0 aliphatic carbocycles. The molecular weight excluding hydrogens is 382 g/mol. The van der Waals surface area contributed by atoms with E-state index in [1.54, 1.807) is 23.1 Å². The molecule has 0 saturated heterocycles. The number of hydrogen-bond acceptors (Lipinski definition) is 6. The predicted molar refractivity (Wildman–Crippen MR) is 115 cm³/mol. The topological polar surface area (TPSA) is 110 Å². The number of amides is 1. The van der Waals surface area contributed by atoms with Gasteiger partial charge in [0.05, 0.1) is 24.4 Å². The Morgan fingerprint density at radius 1 is 1.30 bits per heavy atom. The number of carbonyl (C=O) groups is 1. The number of benzene rings is 1. The summed E-state index contributed by atoms with van der Waals surface area (Å²) in [5.74, 6) is 0.770. The molecule has 3 aromatic heterocycles. The normalized spacial score (nSPS) is 10.9. The fourth-order valence-corrected chi connectivity index (χ4v) is 3.20. The Bertz CT molecular complexity index is 1230. The predicted octanol–water partition coefficient (Wildman–Crippen LogP) is 2.69. The lowest BCUT2D eigenvalue weighted by molar-refractivity contribution is -0.111. The number of fused-ring (bicyclic) bond motifs is 1. The van der Waals surface area contributed by atoms with Crippen LogP contribution >= 0.6 is 0 Å². The summed E-state index contributed by atoms with van der Waals surface area (Å²) in [5.41, 5.74) is 3.37. The molecule has 0 fully saturated rings. The van der Waals surface area contributed by atoms with Crippen LogP contribution in [0.2, 0.25) is 0 Å². The molecule has 1 aromatic carbocycles. The van der Waals surface area contributed by atoms with Crippen LogP contribution in [0.3, 0.4) is 0 Å². The second kappa shape index (κ2) is 8.18. The van der Waals surface area contributed by atoms with Gasteiger partial charge < -0.3 is 20.3 Å². The zero-order valence-electron chi connectivity index (χ0n) is 16.4. The van der Waals surface area contributed by atoms with Crippen LogP contribution in [0.15, 0.2) is 61.6 Å². The number of rotatable bonds is 7.